The number of rotatable bonds is 6. The Labute approximate surface area is 188 Å². The largest absolute Gasteiger partial charge is 0.450 e. The molecule has 0 radical (unpaired) electrons. The van der Waals surface area contributed by atoms with Crippen LogP contribution in [0.3, 0.4) is 0 Å². The van der Waals surface area contributed by atoms with Crippen molar-refractivity contribution in [1.82, 2.24) is 14.9 Å². The zero-order chi connectivity index (χ0) is 23.4. The van der Waals surface area contributed by atoms with Crippen LogP contribution in [0.15, 0.2) is 72.8 Å². The number of carbonyl (C=O) groups is 1. The molecule has 0 aliphatic rings. The van der Waals surface area contributed by atoms with Gasteiger partial charge in [0.05, 0.1) is 17.6 Å². The zero-order valence-corrected chi connectivity index (χ0v) is 17.7. The van der Waals surface area contributed by atoms with Crippen LogP contribution < -0.4 is 10.6 Å². The zero-order valence-electron chi connectivity index (χ0n) is 17.7. The van der Waals surface area contributed by atoms with Gasteiger partial charge in [0.1, 0.15) is 0 Å². The third-order valence-corrected chi connectivity index (χ3v) is 4.99. The summed E-state index contributed by atoms with van der Waals surface area (Å²) in [6, 6.07) is 20.0. The monoisotopic (exact) mass is 454 g/mol. The number of aromatic nitrogens is 2. The van der Waals surface area contributed by atoms with Crippen molar-refractivity contribution in [1.29, 1.82) is 0 Å². The number of carbonyl (C=O) groups excluding carboxylic acids is 1. The number of halogens is 3. The van der Waals surface area contributed by atoms with Gasteiger partial charge in [0, 0.05) is 25.0 Å². The lowest BCUT2D eigenvalue weighted by Crippen LogP contribution is -2.31. The quantitative estimate of drug-likeness (QED) is 0.379. The number of urea groups is 1. The lowest BCUT2D eigenvalue weighted by atomic mass is 10.0. The van der Waals surface area contributed by atoms with Crippen molar-refractivity contribution in [3.63, 3.8) is 0 Å². The van der Waals surface area contributed by atoms with Crippen molar-refractivity contribution in [2.24, 2.45) is 0 Å². The average molecular weight is 454 g/mol. The van der Waals surface area contributed by atoms with Crippen molar-refractivity contribution in [3.05, 3.63) is 78.6 Å². The highest BCUT2D eigenvalue weighted by Gasteiger charge is 2.38. The van der Waals surface area contributed by atoms with E-state index >= 15 is 0 Å². The van der Waals surface area contributed by atoms with Gasteiger partial charge in [-0.1, -0.05) is 36.4 Å². The summed E-state index contributed by atoms with van der Waals surface area (Å²) in [5, 5.41) is 5.36. The minimum atomic E-state index is -4.60. The number of ether oxygens (including phenoxy) is 1. The highest BCUT2D eigenvalue weighted by atomic mass is 19.4. The third kappa shape index (κ3) is 4.98. The third-order valence-electron chi connectivity index (χ3n) is 4.99. The second kappa shape index (κ2) is 9.33. The summed E-state index contributed by atoms with van der Waals surface area (Å²) in [5.74, 6) is -0.972. The minimum absolute atomic E-state index is 0.239. The Kier molecular flexibility index (Phi) is 6.32. The number of nitrogens with zero attached hydrogens (tertiary/aromatic N) is 2. The number of alkyl halides is 3. The van der Waals surface area contributed by atoms with Gasteiger partial charge in [-0.15, -0.1) is 0 Å². The summed E-state index contributed by atoms with van der Waals surface area (Å²) in [7, 11) is 1.55. The molecule has 4 aromatic rings. The number of benzene rings is 3. The highest BCUT2D eigenvalue weighted by molar-refractivity contribution is 5.90. The van der Waals surface area contributed by atoms with E-state index in [-0.39, 0.29) is 11.5 Å². The number of methoxy groups -OCH3 is 1. The Hall–Kier alpha value is -3.85. The first-order valence-electron chi connectivity index (χ1n) is 10.2. The van der Waals surface area contributed by atoms with Gasteiger partial charge in [0.15, 0.2) is 0 Å². The van der Waals surface area contributed by atoms with Crippen molar-refractivity contribution >= 4 is 22.8 Å². The summed E-state index contributed by atoms with van der Waals surface area (Å²) in [4.78, 5) is 15.7. The fraction of sp³-hybridized carbons (Fsp3) is 0.167. The summed E-state index contributed by atoms with van der Waals surface area (Å²) in [5.41, 5.74) is 3.07. The first-order valence-corrected chi connectivity index (χ1v) is 10.2. The van der Waals surface area contributed by atoms with Gasteiger partial charge >= 0.3 is 12.2 Å². The molecule has 170 valence electrons. The van der Waals surface area contributed by atoms with Crippen LogP contribution in [0.2, 0.25) is 0 Å². The van der Waals surface area contributed by atoms with Crippen LogP contribution in [0.5, 0.6) is 0 Å². The number of anilines is 1. The van der Waals surface area contributed by atoms with Crippen LogP contribution in [-0.2, 0) is 10.9 Å². The van der Waals surface area contributed by atoms with E-state index in [1.54, 1.807) is 79.9 Å². The van der Waals surface area contributed by atoms with Crippen molar-refractivity contribution < 1.29 is 22.7 Å². The Balaban J connectivity index is 1.63. The predicted molar refractivity (Wildman–Crippen MR) is 120 cm³/mol. The molecule has 1 aromatic heterocycles. The Morgan fingerprint density at radius 3 is 2.36 bits per heavy atom. The van der Waals surface area contributed by atoms with E-state index < -0.39 is 12.0 Å². The number of fused-ring (bicyclic) bond motifs is 1. The van der Waals surface area contributed by atoms with Crippen molar-refractivity contribution in [2.45, 2.75) is 6.18 Å². The van der Waals surface area contributed by atoms with E-state index in [1.165, 1.54) is 0 Å². The fourth-order valence-corrected chi connectivity index (χ4v) is 3.48. The second-order valence-corrected chi connectivity index (χ2v) is 7.26. The van der Waals surface area contributed by atoms with Crippen molar-refractivity contribution in [2.75, 3.05) is 25.6 Å². The number of para-hydroxylation sites is 1. The van der Waals surface area contributed by atoms with Crippen molar-refractivity contribution in [3.8, 4) is 16.8 Å². The topological polar surface area (TPSA) is 68.2 Å². The molecule has 0 aliphatic carbocycles. The predicted octanol–water partition coefficient (Wildman–Crippen LogP) is 5.48. The Bertz CT molecular complexity index is 1250. The normalized spacial score (nSPS) is 11.5. The van der Waals surface area contributed by atoms with Crippen LogP contribution in [-0.4, -0.2) is 35.8 Å². The number of amides is 2. The maximum atomic E-state index is 13.7. The highest BCUT2D eigenvalue weighted by Crippen LogP contribution is 2.35. The Morgan fingerprint density at radius 1 is 1.00 bits per heavy atom. The smallest absolute Gasteiger partial charge is 0.383 e. The van der Waals surface area contributed by atoms with Gasteiger partial charge in [-0.3, -0.25) is 4.57 Å². The molecule has 0 atom stereocenters. The van der Waals surface area contributed by atoms with Crippen LogP contribution in [0, 0.1) is 0 Å². The minimum Gasteiger partial charge on any atom is -0.383 e. The van der Waals surface area contributed by atoms with Crippen LogP contribution in [0.25, 0.3) is 27.8 Å². The Morgan fingerprint density at radius 2 is 1.70 bits per heavy atom. The molecule has 0 unspecified atom stereocenters. The summed E-state index contributed by atoms with van der Waals surface area (Å²) in [6.45, 7) is 0.793. The van der Waals surface area contributed by atoms with E-state index in [9.17, 15) is 18.0 Å². The number of nitrogens with one attached hydrogen (secondary N) is 2. The molecule has 9 heteroatoms. The molecule has 0 saturated heterocycles. The molecule has 4 rings (SSSR count). The molecule has 2 amide bonds. The molecular formula is C24H21F3N4O2. The average Bonchev–Trinajstić information content (AvgIpc) is 3.20. The van der Waals surface area contributed by atoms with Gasteiger partial charge in [-0.2, -0.15) is 13.2 Å². The molecule has 33 heavy (non-hydrogen) atoms. The number of hydrogen-bond donors (Lipinski definition) is 2. The van der Waals surface area contributed by atoms with Gasteiger partial charge in [0.25, 0.3) is 0 Å². The van der Waals surface area contributed by atoms with Crippen LogP contribution in [0.1, 0.15) is 5.82 Å². The molecule has 0 spiro atoms. The maximum absolute atomic E-state index is 13.7. The van der Waals surface area contributed by atoms with Gasteiger partial charge in [-0.25, -0.2) is 9.78 Å². The number of hydrogen-bond acceptors (Lipinski definition) is 3. The first kappa shape index (κ1) is 22.3. The molecule has 0 aliphatic heterocycles. The molecule has 2 N–H and O–H groups in total. The lowest BCUT2D eigenvalue weighted by Gasteiger charge is -2.11. The fourth-order valence-electron chi connectivity index (χ4n) is 3.48. The van der Waals surface area contributed by atoms with E-state index in [2.05, 4.69) is 15.6 Å². The van der Waals surface area contributed by atoms with E-state index in [4.69, 9.17) is 4.74 Å². The maximum Gasteiger partial charge on any atom is 0.450 e. The molecule has 0 bridgehead atoms. The first-order chi connectivity index (χ1) is 15.9. The summed E-state index contributed by atoms with van der Waals surface area (Å²) >= 11 is 0. The molecular weight excluding hydrogens is 433 g/mol. The van der Waals surface area contributed by atoms with E-state index in [0.717, 1.165) is 10.1 Å². The number of imidazole rings is 1. The summed E-state index contributed by atoms with van der Waals surface area (Å²) in [6.07, 6.45) is -4.60. The second-order valence-electron chi connectivity index (χ2n) is 7.26. The molecule has 6 nitrogen and oxygen atoms in total. The lowest BCUT2D eigenvalue weighted by molar-refractivity contribution is -0.145. The molecule has 3 aromatic carbocycles. The SMILES string of the molecule is COCCNC(=O)Nc1ccc(-c2ccc3c(c2)nc(C(F)(F)F)n3-c2ccccc2)cc1. The van der Waals surface area contributed by atoms with Gasteiger partial charge in [0.2, 0.25) is 5.82 Å². The van der Waals surface area contributed by atoms with E-state index in [0.29, 0.717) is 35.6 Å². The molecule has 1 heterocycles. The van der Waals surface area contributed by atoms with Gasteiger partial charge in [-0.05, 0) is 47.5 Å². The molecule has 0 saturated carbocycles. The van der Waals surface area contributed by atoms with Crippen LogP contribution >= 0.6 is 0 Å². The molecule has 0 fully saturated rings. The summed E-state index contributed by atoms with van der Waals surface area (Å²) < 4.78 is 47.1. The van der Waals surface area contributed by atoms with E-state index in [1.807, 2.05) is 0 Å². The van der Waals surface area contributed by atoms with Crippen LogP contribution in [0.4, 0.5) is 23.7 Å². The van der Waals surface area contributed by atoms with Gasteiger partial charge < -0.3 is 15.4 Å². The standard InChI is InChI=1S/C24H21F3N4O2/c1-33-14-13-28-23(32)29-18-10-7-16(8-11-18)17-9-12-21-20(15-17)30-22(24(25,26)27)31(21)19-5-3-2-4-6-19/h2-12,15H,13-14H2,1H3,(H2,28,29,32).